The van der Waals surface area contributed by atoms with Gasteiger partial charge in [0.25, 0.3) is 5.91 Å². The molecule has 1 rings (SSSR count). The molecule has 2 radical (unpaired) electrons. The van der Waals surface area contributed by atoms with Crippen molar-refractivity contribution in [3.8, 4) is 5.75 Å². The summed E-state index contributed by atoms with van der Waals surface area (Å²) in [6, 6.07) is 6.77. The molecule has 1 aromatic carbocycles. The smallest absolute Gasteiger partial charge is 0.251 e. The van der Waals surface area contributed by atoms with E-state index in [1.807, 2.05) is 0 Å². The average molecular weight is 194 g/mol. The molecule has 14 heavy (non-hydrogen) atoms. The molecular formula is C9H10BFNO2-. The molecule has 1 aromatic rings. The number of ether oxygens (including phenoxy) is 1. The van der Waals surface area contributed by atoms with Crippen molar-refractivity contribution in [2.24, 2.45) is 0 Å². The van der Waals surface area contributed by atoms with Crippen LogP contribution >= 0.6 is 0 Å². The van der Waals surface area contributed by atoms with Gasteiger partial charge in [0.2, 0.25) is 0 Å². The lowest BCUT2D eigenvalue weighted by atomic mass is 10.1. The highest BCUT2D eigenvalue weighted by molar-refractivity contribution is 6.27. The molecule has 0 saturated carbocycles. The van der Waals surface area contributed by atoms with Crippen molar-refractivity contribution < 1.29 is 13.8 Å². The van der Waals surface area contributed by atoms with E-state index < -0.39 is 0 Å². The van der Waals surface area contributed by atoms with E-state index in [9.17, 15) is 9.11 Å². The predicted octanol–water partition coefficient (Wildman–Crippen LogP) is 0.971. The fraction of sp³-hybridized carbons (Fsp3) is 0.222. The standard InChI is InChI=1S/C9H10BFNO2/c1-14-8-5-3-2-4-7(8)9(13)12-6-10-11/h2-5H,6H2,1H3,(H,12,13)/q-1. The van der Waals surface area contributed by atoms with Crippen molar-refractivity contribution in [2.75, 3.05) is 13.6 Å². The van der Waals surface area contributed by atoms with E-state index in [-0.39, 0.29) is 12.4 Å². The van der Waals surface area contributed by atoms with Gasteiger partial charge in [0, 0.05) is 0 Å². The van der Waals surface area contributed by atoms with Crippen molar-refractivity contribution in [3.63, 3.8) is 0 Å². The first-order chi connectivity index (χ1) is 6.79. The first-order valence-electron chi connectivity index (χ1n) is 4.12. The largest absolute Gasteiger partial charge is 0.597 e. The van der Waals surface area contributed by atoms with Gasteiger partial charge in [-0.3, -0.25) is 4.79 Å². The lowest BCUT2D eigenvalue weighted by Gasteiger charge is -2.10. The molecular weight excluding hydrogens is 184 g/mol. The molecule has 0 heterocycles. The third-order valence-corrected chi connectivity index (χ3v) is 1.69. The Labute approximate surface area is 82.6 Å². The zero-order valence-corrected chi connectivity index (χ0v) is 7.79. The van der Waals surface area contributed by atoms with E-state index in [1.54, 1.807) is 24.3 Å². The van der Waals surface area contributed by atoms with Gasteiger partial charge in [-0.1, -0.05) is 19.7 Å². The van der Waals surface area contributed by atoms with Crippen LogP contribution in [0.1, 0.15) is 10.4 Å². The first-order valence-corrected chi connectivity index (χ1v) is 4.12. The third-order valence-electron chi connectivity index (χ3n) is 1.69. The zero-order valence-electron chi connectivity index (χ0n) is 7.79. The topological polar surface area (TPSA) is 38.3 Å². The summed E-state index contributed by atoms with van der Waals surface area (Å²) in [5, 5.41) is 2.37. The molecule has 0 unspecified atom stereocenters. The van der Waals surface area contributed by atoms with Crippen molar-refractivity contribution in [1.29, 1.82) is 0 Å². The van der Waals surface area contributed by atoms with Gasteiger partial charge in [-0.15, -0.1) is 6.44 Å². The summed E-state index contributed by atoms with van der Waals surface area (Å²) in [6.45, 7) is 0. The Morgan fingerprint density at radius 2 is 2.29 bits per heavy atom. The molecule has 0 aliphatic carbocycles. The second-order valence-electron chi connectivity index (χ2n) is 2.56. The van der Waals surface area contributed by atoms with Gasteiger partial charge in [-0.25, -0.2) is 0 Å². The Morgan fingerprint density at radius 3 is 2.93 bits per heavy atom. The van der Waals surface area contributed by atoms with E-state index in [0.717, 1.165) is 0 Å². The normalized spacial score (nSPS) is 9.57. The van der Waals surface area contributed by atoms with E-state index >= 15 is 0 Å². The summed E-state index contributed by atoms with van der Waals surface area (Å²) in [7, 11) is 1.86. The van der Waals surface area contributed by atoms with Crippen LogP contribution in [0.3, 0.4) is 0 Å². The highest BCUT2D eigenvalue weighted by Crippen LogP contribution is 2.16. The number of benzene rings is 1. The number of rotatable bonds is 4. The molecule has 0 aromatic heterocycles. The fourth-order valence-corrected chi connectivity index (χ4v) is 1.06. The molecule has 0 saturated heterocycles. The lowest BCUT2D eigenvalue weighted by Crippen LogP contribution is -2.26. The van der Waals surface area contributed by atoms with E-state index in [2.05, 4.69) is 5.32 Å². The van der Waals surface area contributed by atoms with Gasteiger partial charge < -0.3 is 14.4 Å². The van der Waals surface area contributed by atoms with Gasteiger partial charge in [0.15, 0.2) is 0 Å². The van der Waals surface area contributed by atoms with Gasteiger partial charge in [0.05, 0.1) is 12.7 Å². The van der Waals surface area contributed by atoms with E-state index in [0.29, 0.717) is 18.9 Å². The number of carbonyl (C=O) groups is 1. The molecule has 0 bridgehead atoms. The second-order valence-corrected chi connectivity index (χ2v) is 2.56. The van der Waals surface area contributed by atoms with Crippen molar-refractivity contribution >= 4 is 13.5 Å². The summed E-state index contributed by atoms with van der Waals surface area (Å²) < 4.78 is 16.7. The number of nitrogens with one attached hydrogen (secondary N) is 1. The van der Waals surface area contributed by atoms with Gasteiger partial charge in [-0.2, -0.15) is 0 Å². The maximum Gasteiger partial charge on any atom is 0.251 e. The molecule has 0 atom stereocenters. The van der Waals surface area contributed by atoms with E-state index in [1.165, 1.54) is 7.11 Å². The number of amides is 1. The van der Waals surface area contributed by atoms with Crippen LogP contribution in [-0.4, -0.2) is 27.0 Å². The quantitative estimate of drug-likeness (QED) is 0.725. The van der Waals surface area contributed by atoms with Crippen LogP contribution < -0.4 is 10.1 Å². The summed E-state index contributed by atoms with van der Waals surface area (Å²) in [5.74, 6) is 0.125. The number of methoxy groups -OCH3 is 1. The number of hydrogen-bond acceptors (Lipinski definition) is 2. The number of hydrogen-bond donors (Lipinski definition) is 1. The van der Waals surface area contributed by atoms with Crippen LogP contribution in [0.2, 0.25) is 0 Å². The second kappa shape index (κ2) is 5.27. The lowest BCUT2D eigenvalue weighted by molar-refractivity contribution is 0.0956. The Balaban J connectivity index is 2.78. The average Bonchev–Trinajstić information content (AvgIpc) is 2.25. The molecule has 1 N–H and O–H groups in total. The summed E-state index contributed by atoms with van der Waals surface area (Å²) in [5.41, 5.74) is 0.400. The van der Waals surface area contributed by atoms with Crippen LogP contribution in [0.4, 0.5) is 4.32 Å². The van der Waals surface area contributed by atoms with Crippen molar-refractivity contribution in [1.82, 2.24) is 5.32 Å². The Bertz CT molecular complexity index is 319. The molecule has 74 valence electrons. The SMILES string of the molecule is COc1ccccc1C(=O)NC[B-]F. The Morgan fingerprint density at radius 1 is 1.57 bits per heavy atom. The molecule has 0 spiro atoms. The van der Waals surface area contributed by atoms with Crippen LogP contribution in [0.5, 0.6) is 5.75 Å². The Hall–Kier alpha value is -1.52. The Kier molecular flexibility index (Phi) is 3.97. The molecule has 0 aliphatic heterocycles. The minimum Gasteiger partial charge on any atom is -0.597 e. The molecule has 0 fully saturated rings. The first kappa shape index (κ1) is 10.6. The molecule has 5 heteroatoms. The maximum atomic E-state index is 11.7. The zero-order chi connectivity index (χ0) is 10.4. The number of halogens is 1. The number of para-hydroxylation sites is 1. The van der Waals surface area contributed by atoms with Crippen molar-refractivity contribution in [3.05, 3.63) is 29.8 Å². The minimum absolute atomic E-state index is 0.100. The van der Waals surface area contributed by atoms with Crippen LogP contribution in [0, 0.1) is 0 Å². The minimum atomic E-state index is -0.351. The van der Waals surface area contributed by atoms with Gasteiger partial charge in [0.1, 0.15) is 5.75 Å². The monoisotopic (exact) mass is 194 g/mol. The predicted molar refractivity (Wildman–Crippen MR) is 52.2 cm³/mol. The summed E-state index contributed by atoms with van der Waals surface area (Å²) >= 11 is 0. The van der Waals surface area contributed by atoms with Crippen LogP contribution in [0.25, 0.3) is 0 Å². The highest BCUT2D eigenvalue weighted by Gasteiger charge is 2.08. The van der Waals surface area contributed by atoms with Crippen LogP contribution in [-0.2, 0) is 0 Å². The van der Waals surface area contributed by atoms with Gasteiger partial charge >= 0.3 is 0 Å². The molecule has 3 nitrogen and oxygen atoms in total. The summed E-state index contributed by atoms with van der Waals surface area (Å²) in [6.07, 6.45) is -0.100. The van der Waals surface area contributed by atoms with Crippen LogP contribution in [0.15, 0.2) is 24.3 Å². The van der Waals surface area contributed by atoms with Gasteiger partial charge in [-0.05, 0) is 12.1 Å². The maximum absolute atomic E-state index is 11.7. The highest BCUT2D eigenvalue weighted by atomic mass is 19.1. The number of carbonyl (C=O) groups excluding carboxylic acids is 1. The van der Waals surface area contributed by atoms with E-state index in [4.69, 9.17) is 4.74 Å². The fourth-order valence-electron chi connectivity index (χ4n) is 1.06. The molecule has 0 aliphatic rings. The third kappa shape index (κ3) is 2.48. The summed E-state index contributed by atoms with van der Waals surface area (Å²) in [4.78, 5) is 11.4. The van der Waals surface area contributed by atoms with Crippen molar-refractivity contribution in [2.45, 2.75) is 0 Å². The molecule has 1 amide bonds.